The van der Waals surface area contributed by atoms with Crippen LogP contribution in [0.2, 0.25) is 0 Å². The molecule has 202 valence electrons. The summed E-state index contributed by atoms with van der Waals surface area (Å²) in [7, 11) is 0. The monoisotopic (exact) mass is 644 g/mol. The van der Waals surface area contributed by atoms with Crippen LogP contribution >= 0.6 is 22.6 Å². The Labute approximate surface area is 246 Å². The number of aromatic nitrogens is 1. The number of para-hydroxylation sites is 1. The van der Waals surface area contributed by atoms with Crippen molar-refractivity contribution < 1.29 is 19.1 Å². The Morgan fingerprint density at radius 2 is 1.73 bits per heavy atom. The summed E-state index contributed by atoms with van der Waals surface area (Å²) in [4.78, 5) is 32.0. The standard InChI is InChI=1S/C33H29IN2O4/c1-32(2)24(20-11-13-21(14-12-20)31(38)39)15-17-33(3)19-36(18-16-27(32)33)30(37)23-8-5-4-7-22(23)29-35-28-25(34)9-6-10-26(28)40-29/h4-16H,17-19H2,1-3H3,(H,38,39)/t33-/m1/s1. The minimum Gasteiger partial charge on any atom is -0.478 e. The smallest absolute Gasteiger partial charge is 0.335 e. The summed E-state index contributed by atoms with van der Waals surface area (Å²) in [5, 5.41) is 9.29. The number of halogens is 1. The lowest BCUT2D eigenvalue weighted by atomic mass is 9.58. The van der Waals surface area contributed by atoms with Gasteiger partial charge in [0, 0.05) is 33.1 Å². The van der Waals surface area contributed by atoms with E-state index in [-0.39, 0.29) is 22.3 Å². The molecule has 6 rings (SSSR count). The molecule has 1 atom stereocenters. The molecule has 0 saturated heterocycles. The van der Waals surface area contributed by atoms with E-state index in [2.05, 4.69) is 55.5 Å². The number of rotatable bonds is 4. The van der Waals surface area contributed by atoms with Gasteiger partial charge in [-0.1, -0.05) is 68.8 Å². The largest absolute Gasteiger partial charge is 0.478 e. The van der Waals surface area contributed by atoms with E-state index in [4.69, 9.17) is 9.40 Å². The summed E-state index contributed by atoms with van der Waals surface area (Å²) in [5.41, 5.74) is 6.08. The lowest BCUT2D eigenvalue weighted by Crippen LogP contribution is -2.48. The number of hydrogen-bond acceptors (Lipinski definition) is 4. The fourth-order valence-corrected chi connectivity index (χ4v) is 7.01. The van der Waals surface area contributed by atoms with E-state index in [0.717, 1.165) is 21.1 Å². The SMILES string of the molecule is CC1(C)C(c2ccc(C(=O)O)cc2)=CC[C@]2(C)CN(C(=O)c3ccccc3-c3nc4c(I)cccc4o3)CC=C12. The molecule has 0 spiro atoms. The summed E-state index contributed by atoms with van der Waals surface area (Å²) < 4.78 is 7.08. The third-order valence-corrected chi connectivity index (χ3v) is 9.17. The second-order valence-corrected chi connectivity index (χ2v) is 12.5. The van der Waals surface area contributed by atoms with Crippen LogP contribution in [-0.4, -0.2) is 40.0 Å². The summed E-state index contributed by atoms with van der Waals surface area (Å²) >= 11 is 2.25. The molecule has 2 aliphatic rings. The Kier molecular flexibility index (Phi) is 6.45. The van der Waals surface area contributed by atoms with Crippen molar-refractivity contribution in [1.29, 1.82) is 0 Å². The van der Waals surface area contributed by atoms with Gasteiger partial charge in [-0.3, -0.25) is 4.79 Å². The first-order chi connectivity index (χ1) is 19.1. The number of aromatic carboxylic acids is 1. The van der Waals surface area contributed by atoms with Crippen LogP contribution in [0.25, 0.3) is 28.1 Å². The van der Waals surface area contributed by atoms with Crippen LogP contribution < -0.4 is 0 Å². The number of carboxylic acid groups (broad SMARTS) is 1. The maximum Gasteiger partial charge on any atom is 0.335 e. The van der Waals surface area contributed by atoms with E-state index in [1.54, 1.807) is 12.1 Å². The summed E-state index contributed by atoms with van der Waals surface area (Å²) in [6.45, 7) is 7.78. The first kappa shape index (κ1) is 26.5. The molecule has 4 aromatic rings. The lowest BCUT2D eigenvalue weighted by Gasteiger charge is -2.50. The van der Waals surface area contributed by atoms with Crippen molar-refractivity contribution in [3.05, 3.63) is 105 Å². The number of fused-ring (bicyclic) bond motifs is 2. The zero-order valence-corrected chi connectivity index (χ0v) is 24.7. The number of carboxylic acids is 1. The molecule has 3 aromatic carbocycles. The molecular formula is C33H29IN2O4. The first-order valence-electron chi connectivity index (χ1n) is 13.3. The van der Waals surface area contributed by atoms with E-state index in [1.165, 1.54) is 11.1 Å². The average Bonchev–Trinajstić information content (AvgIpc) is 3.38. The predicted octanol–water partition coefficient (Wildman–Crippen LogP) is 7.70. The molecule has 0 radical (unpaired) electrons. The normalized spacial score (nSPS) is 20.1. The van der Waals surface area contributed by atoms with Crippen molar-refractivity contribution in [2.24, 2.45) is 10.8 Å². The zero-order chi connectivity index (χ0) is 28.2. The van der Waals surface area contributed by atoms with Crippen LogP contribution in [0.15, 0.2) is 88.9 Å². The average molecular weight is 645 g/mol. The summed E-state index contributed by atoms with van der Waals surface area (Å²) in [6.07, 6.45) is 5.26. The number of oxazole rings is 1. The molecule has 1 aromatic heterocycles. The maximum absolute atomic E-state index is 14.0. The van der Waals surface area contributed by atoms with Gasteiger partial charge in [0.25, 0.3) is 5.91 Å². The van der Waals surface area contributed by atoms with Gasteiger partial charge >= 0.3 is 5.97 Å². The Balaban J connectivity index is 1.30. The molecule has 0 fully saturated rings. The van der Waals surface area contributed by atoms with Crippen LogP contribution in [-0.2, 0) is 0 Å². The number of carbonyl (C=O) groups excluding carboxylic acids is 1. The number of allylic oxidation sites excluding steroid dienone is 2. The minimum atomic E-state index is -0.928. The highest BCUT2D eigenvalue weighted by Gasteiger charge is 2.46. The van der Waals surface area contributed by atoms with E-state index in [1.807, 2.05) is 59.5 Å². The van der Waals surface area contributed by atoms with Crippen molar-refractivity contribution >= 4 is 51.1 Å². The zero-order valence-electron chi connectivity index (χ0n) is 22.6. The molecule has 7 heteroatoms. The van der Waals surface area contributed by atoms with Crippen LogP contribution in [0.4, 0.5) is 0 Å². The number of benzene rings is 3. The molecule has 0 bridgehead atoms. The summed E-state index contributed by atoms with van der Waals surface area (Å²) in [5.74, 6) is -0.521. The molecule has 1 N–H and O–H groups in total. The molecule has 1 amide bonds. The highest BCUT2D eigenvalue weighted by Crippen LogP contribution is 2.55. The van der Waals surface area contributed by atoms with Gasteiger partial charge in [-0.25, -0.2) is 9.78 Å². The quantitative estimate of drug-likeness (QED) is 0.182. The molecule has 1 aliphatic heterocycles. The molecule has 40 heavy (non-hydrogen) atoms. The van der Waals surface area contributed by atoms with Crippen LogP contribution in [0.1, 0.15) is 53.5 Å². The van der Waals surface area contributed by atoms with Crippen molar-refractivity contribution in [3.8, 4) is 11.5 Å². The highest BCUT2D eigenvalue weighted by molar-refractivity contribution is 14.1. The van der Waals surface area contributed by atoms with Gasteiger partial charge in [-0.15, -0.1) is 0 Å². The van der Waals surface area contributed by atoms with E-state index >= 15 is 0 Å². The second kappa shape index (κ2) is 9.73. The van der Waals surface area contributed by atoms with Crippen molar-refractivity contribution in [1.82, 2.24) is 9.88 Å². The van der Waals surface area contributed by atoms with E-state index in [9.17, 15) is 14.7 Å². The van der Waals surface area contributed by atoms with E-state index in [0.29, 0.717) is 35.7 Å². The highest BCUT2D eigenvalue weighted by atomic mass is 127. The Morgan fingerprint density at radius 3 is 2.45 bits per heavy atom. The number of nitrogens with zero attached hydrogens (tertiary/aromatic N) is 2. The first-order valence-corrected chi connectivity index (χ1v) is 14.4. The van der Waals surface area contributed by atoms with Gasteiger partial charge in [0.15, 0.2) is 5.58 Å². The molecule has 1 aliphatic carbocycles. The lowest BCUT2D eigenvalue weighted by molar-refractivity contribution is 0.0679. The van der Waals surface area contributed by atoms with Gasteiger partial charge in [0.2, 0.25) is 5.89 Å². The third-order valence-electron chi connectivity index (χ3n) is 8.30. The number of carbonyl (C=O) groups is 2. The number of hydrogen-bond donors (Lipinski definition) is 1. The van der Waals surface area contributed by atoms with Crippen molar-refractivity contribution in [3.63, 3.8) is 0 Å². The Bertz CT molecular complexity index is 1730. The predicted molar refractivity (Wildman–Crippen MR) is 164 cm³/mol. The fraction of sp³-hybridized carbons (Fsp3) is 0.242. The summed E-state index contributed by atoms with van der Waals surface area (Å²) in [6, 6.07) is 20.4. The van der Waals surface area contributed by atoms with Crippen LogP contribution in [0.3, 0.4) is 0 Å². The molecular weight excluding hydrogens is 615 g/mol. The topological polar surface area (TPSA) is 83.6 Å². The van der Waals surface area contributed by atoms with Crippen LogP contribution in [0, 0.1) is 14.4 Å². The van der Waals surface area contributed by atoms with Gasteiger partial charge < -0.3 is 14.4 Å². The molecule has 0 saturated carbocycles. The number of amides is 1. The fourth-order valence-electron chi connectivity index (χ4n) is 6.41. The van der Waals surface area contributed by atoms with E-state index < -0.39 is 5.97 Å². The second-order valence-electron chi connectivity index (χ2n) is 11.3. The van der Waals surface area contributed by atoms with Crippen molar-refractivity contribution in [2.45, 2.75) is 27.2 Å². The minimum absolute atomic E-state index is 0.0408. The molecule has 6 nitrogen and oxygen atoms in total. The van der Waals surface area contributed by atoms with Crippen LogP contribution in [0.5, 0.6) is 0 Å². The molecule has 2 heterocycles. The van der Waals surface area contributed by atoms with Gasteiger partial charge in [-0.05, 0) is 76.5 Å². The van der Waals surface area contributed by atoms with Gasteiger partial charge in [0.05, 0.1) is 11.1 Å². The third kappa shape index (κ3) is 4.36. The Hall–Kier alpha value is -3.72. The molecule has 0 unspecified atom stereocenters. The van der Waals surface area contributed by atoms with Gasteiger partial charge in [0.1, 0.15) is 5.52 Å². The Morgan fingerprint density at radius 1 is 0.975 bits per heavy atom. The van der Waals surface area contributed by atoms with Gasteiger partial charge in [-0.2, -0.15) is 0 Å². The van der Waals surface area contributed by atoms with Crippen molar-refractivity contribution in [2.75, 3.05) is 13.1 Å². The maximum atomic E-state index is 14.0.